The number of rotatable bonds is 4. The van der Waals surface area contributed by atoms with Gasteiger partial charge in [0.05, 0.1) is 12.1 Å². The Bertz CT molecular complexity index is 391. The van der Waals surface area contributed by atoms with Crippen molar-refractivity contribution < 1.29 is 19.2 Å². The van der Waals surface area contributed by atoms with Gasteiger partial charge in [-0.05, 0) is 20.8 Å². The molecule has 1 atom stereocenters. The largest absolute Gasteiger partial charge is 0.481 e. The van der Waals surface area contributed by atoms with E-state index in [1.54, 1.807) is 20.8 Å². The number of hydrogen-bond acceptors (Lipinski definition) is 4. The lowest BCUT2D eigenvalue weighted by Gasteiger charge is -2.10. The minimum atomic E-state index is -0.952. The van der Waals surface area contributed by atoms with Crippen LogP contribution >= 0.6 is 0 Å². The van der Waals surface area contributed by atoms with Crippen LogP contribution in [0.2, 0.25) is 0 Å². The van der Waals surface area contributed by atoms with Gasteiger partial charge in [-0.15, -0.1) is 0 Å². The Balaban J connectivity index is 2.69. The van der Waals surface area contributed by atoms with E-state index in [0.717, 1.165) is 0 Å². The van der Waals surface area contributed by atoms with Gasteiger partial charge in [-0.2, -0.15) is 0 Å². The van der Waals surface area contributed by atoms with Crippen molar-refractivity contribution in [3.63, 3.8) is 0 Å². The summed E-state index contributed by atoms with van der Waals surface area (Å²) in [5.74, 6) is -0.880. The third-order valence-corrected chi connectivity index (χ3v) is 2.12. The second-order valence-electron chi connectivity index (χ2n) is 3.67. The van der Waals surface area contributed by atoms with Crippen molar-refractivity contribution in [1.82, 2.24) is 10.5 Å². The molecule has 0 spiro atoms. The molecule has 0 aromatic carbocycles. The molecule has 1 aromatic heterocycles. The Kier molecular flexibility index (Phi) is 3.65. The van der Waals surface area contributed by atoms with E-state index in [1.807, 2.05) is 0 Å². The van der Waals surface area contributed by atoms with E-state index in [4.69, 9.17) is 9.63 Å². The summed E-state index contributed by atoms with van der Waals surface area (Å²) in [5, 5.41) is 14.8. The van der Waals surface area contributed by atoms with Gasteiger partial charge in [0.2, 0.25) is 0 Å². The van der Waals surface area contributed by atoms with Crippen LogP contribution in [0.5, 0.6) is 0 Å². The van der Waals surface area contributed by atoms with E-state index in [2.05, 4.69) is 10.5 Å². The number of carbonyl (C=O) groups excluding carboxylic acids is 1. The molecule has 88 valence electrons. The fraction of sp³-hybridized carbons (Fsp3) is 0.500. The highest BCUT2D eigenvalue weighted by Crippen LogP contribution is 2.12. The summed E-state index contributed by atoms with van der Waals surface area (Å²) in [6.45, 7) is 4.92. The Labute approximate surface area is 92.6 Å². The van der Waals surface area contributed by atoms with Crippen molar-refractivity contribution in [3.8, 4) is 0 Å². The van der Waals surface area contributed by atoms with Gasteiger partial charge in [0, 0.05) is 6.04 Å². The minimum Gasteiger partial charge on any atom is -0.481 e. The van der Waals surface area contributed by atoms with E-state index in [1.165, 1.54) is 0 Å². The SMILES string of the molecule is Cc1noc(C)c1C(=O)NC(C)CC(=O)O. The lowest BCUT2D eigenvalue weighted by molar-refractivity contribution is -0.137. The Hall–Kier alpha value is -1.85. The van der Waals surface area contributed by atoms with E-state index in [9.17, 15) is 9.59 Å². The van der Waals surface area contributed by atoms with Gasteiger partial charge < -0.3 is 14.9 Å². The van der Waals surface area contributed by atoms with E-state index >= 15 is 0 Å². The highest BCUT2D eigenvalue weighted by atomic mass is 16.5. The second-order valence-corrected chi connectivity index (χ2v) is 3.67. The molecule has 2 N–H and O–H groups in total. The zero-order valence-corrected chi connectivity index (χ0v) is 9.40. The summed E-state index contributed by atoms with van der Waals surface area (Å²) in [4.78, 5) is 22.2. The van der Waals surface area contributed by atoms with Crippen molar-refractivity contribution in [3.05, 3.63) is 17.0 Å². The Morgan fingerprint density at radius 1 is 1.50 bits per heavy atom. The molecule has 0 radical (unpaired) electrons. The van der Waals surface area contributed by atoms with Crippen LogP contribution in [-0.4, -0.2) is 28.2 Å². The molecule has 1 unspecified atom stereocenters. The number of aromatic nitrogens is 1. The summed E-state index contributed by atoms with van der Waals surface area (Å²) in [7, 11) is 0. The number of carbonyl (C=O) groups is 2. The highest BCUT2D eigenvalue weighted by Gasteiger charge is 2.19. The molecule has 1 heterocycles. The molecule has 16 heavy (non-hydrogen) atoms. The average molecular weight is 226 g/mol. The first kappa shape index (κ1) is 12.2. The number of amides is 1. The van der Waals surface area contributed by atoms with Crippen LogP contribution in [0.25, 0.3) is 0 Å². The number of nitrogens with zero attached hydrogens (tertiary/aromatic N) is 1. The molecule has 1 aromatic rings. The molecular weight excluding hydrogens is 212 g/mol. The maximum atomic E-state index is 11.7. The molecule has 6 nitrogen and oxygen atoms in total. The second kappa shape index (κ2) is 4.78. The molecule has 1 rings (SSSR count). The van der Waals surface area contributed by atoms with Gasteiger partial charge in [0.25, 0.3) is 5.91 Å². The van der Waals surface area contributed by atoms with Gasteiger partial charge in [0.15, 0.2) is 0 Å². The zero-order chi connectivity index (χ0) is 12.3. The van der Waals surface area contributed by atoms with E-state index < -0.39 is 12.0 Å². The highest BCUT2D eigenvalue weighted by molar-refractivity contribution is 5.96. The standard InChI is InChI=1S/C10H14N2O4/c1-5(4-8(13)14)11-10(15)9-6(2)12-16-7(9)3/h5H,4H2,1-3H3,(H,11,15)(H,13,14). The van der Waals surface area contributed by atoms with Crippen molar-refractivity contribution in [2.24, 2.45) is 0 Å². The first-order chi connectivity index (χ1) is 7.41. The van der Waals surface area contributed by atoms with Crippen molar-refractivity contribution >= 4 is 11.9 Å². The number of carboxylic acids is 1. The number of aliphatic carboxylic acids is 1. The van der Waals surface area contributed by atoms with Crippen molar-refractivity contribution in [2.45, 2.75) is 33.2 Å². The van der Waals surface area contributed by atoms with E-state index in [-0.39, 0.29) is 12.3 Å². The predicted octanol–water partition coefficient (Wildman–Crippen LogP) is 0.884. The number of hydrogen-bond donors (Lipinski definition) is 2. The van der Waals surface area contributed by atoms with Crippen molar-refractivity contribution in [1.29, 1.82) is 0 Å². The normalized spacial score (nSPS) is 12.2. The lowest BCUT2D eigenvalue weighted by atomic mass is 10.1. The maximum absolute atomic E-state index is 11.7. The Morgan fingerprint density at radius 2 is 2.12 bits per heavy atom. The van der Waals surface area contributed by atoms with Gasteiger partial charge in [-0.25, -0.2) is 0 Å². The summed E-state index contributed by atoms with van der Waals surface area (Å²) in [6.07, 6.45) is -0.116. The monoisotopic (exact) mass is 226 g/mol. The summed E-state index contributed by atoms with van der Waals surface area (Å²) >= 11 is 0. The number of nitrogens with one attached hydrogen (secondary N) is 1. The molecule has 0 saturated heterocycles. The lowest BCUT2D eigenvalue weighted by Crippen LogP contribution is -2.34. The van der Waals surface area contributed by atoms with Crippen LogP contribution in [0.4, 0.5) is 0 Å². The topological polar surface area (TPSA) is 92.4 Å². The van der Waals surface area contributed by atoms with Crippen molar-refractivity contribution in [2.75, 3.05) is 0 Å². The van der Waals surface area contributed by atoms with Crippen LogP contribution < -0.4 is 5.32 Å². The van der Waals surface area contributed by atoms with Gasteiger partial charge >= 0.3 is 5.97 Å². The molecule has 0 aliphatic heterocycles. The number of carboxylic acid groups (broad SMARTS) is 1. The first-order valence-electron chi connectivity index (χ1n) is 4.87. The summed E-state index contributed by atoms with van der Waals surface area (Å²) in [6, 6.07) is -0.432. The predicted molar refractivity (Wildman–Crippen MR) is 55.2 cm³/mol. The Morgan fingerprint density at radius 3 is 2.56 bits per heavy atom. The average Bonchev–Trinajstić information content (AvgIpc) is 2.44. The zero-order valence-electron chi connectivity index (χ0n) is 9.40. The molecule has 0 aliphatic carbocycles. The van der Waals surface area contributed by atoms with E-state index in [0.29, 0.717) is 17.0 Å². The van der Waals surface area contributed by atoms with Crippen LogP contribution in [0.15, 0.2) is 4.52 Å². The molecule has 0 aliphatic rings. The third-order valence-electron chi connectivity index (χ3n) is 2.12. The molecule has 6 heteroatoms. The maximum Gasteiger partial charge on any atom is 0.305 e. The minimum absolute atomic E-state index is 0.116. The van der Waals surface area contributed by atoms with Crippen LogP contribution in [0.1, 0.15) is 35.2 Å². The fourth-order valence-electron chi connectivity index (χ4n) is 1.42. The van der Waals surface area contributed by atoms with Gasteiger partial charge in [-0.1, -0.05) is 5.16 Å². The van der Waals surface area contributed by atoms with Gasteiger partial charge in [0.1, 0.15) is 11.3 Å². The van der Waals surface area contributed by atoms with Crippen LogP contribution in [0, 0.1) is 13.8 Å². The summed E-state index contributed by atoms with van der Waals surface area (Å²) < 4.78 is 4.85. The van der Waals surface area contributed by atoms with Crippen LogP contribution in [-0.2, 0) is 4.79 Å². The third kappa shape index (κ3) is 2.82. The molecule has 1 amide bonds. The summed E-state index contributed by atoms with van der Waals surface area (Å²) in [5.41, 5.74) is 0.870. The van der Waals surface area contributed by atoms with Gasteiger partial charge in [-0.3, -0.25) is 9.59 Å². The molecule has 0 saturated carbocycles. The smallest absolute Gasteiger partial charge is 0.305 e. The fourth-order valence-corrected chi connectivity index (χ4v) is 1.42. The molecule has 0 fully saturated rings. The quantitative estimate of drug-likeness (QED) is 0.795. The number of aryl methyl sites for hydroxylation is 2. The molecular formula is C10H14N2O4. The van der Waals surface area contributed by atoms with Crippen LogP contribution in [0.3, 0.4) is 0 Å². The molecule has 0 bridgehead atoms. The first-order valence-corrected chi connectivity index (χ1v) is 4.87.